The first-order valence-electron chi connectivity index (χ1n) is 7.50. The number of hydrogen-bond acceptors (Lipinski definition) is 6. The van der Waals surface area contributed by atoms with Crippen LogP contribution in [0.1, 0.15) is 27.8 Å². The van der Waals surface area contributed by atoms with E-state index in [-0.39, 0.29) is 11.5 Å². The van der Waals surface area contributed by atoms with Crippen LogP contribution in [0.5, 0.6) is 11.5 Å². The topological polar surface area (TPSA) is 65.5 Å². The fourth-order valence-electron chi connectivity index (χ4n) is 2.25. The van der Waals surface area contributed by atoms with E-state index in [4.69, 9.17) is 9.47 Å². The predicted molar refractivity (Wildman–Crippen MR) is 95.5 cm³/mol. The van der Waals surface area contributed by atoms with Gasteiger partial charge in [0.15, 0.2) is 11.5 Å². The summed E-state index contributed by atoms with van der Waals surface area (Å²) in [6.45, 7) is 1.46. The van der Waals surface area contributed by atoms with Crippen LogP contribution in [0.4, 0.5) is 0 Å². The fraction of sp³-hybridized carbons (Fsp3) is 0.105. The van der Waals surface area contributed by atoms with E-state index in [0.29, 0.717) is 22.1 Å². The van der Waals surface area contributed by atoms with Gasteiger partial charge in [-0.2, -0.15) is 0 Å². The smallest absolute Gasteiger partial charge is 0.363 e. The lowest BCUT2D eigenvalue weighted by molar-refractivity contribution is 0.0728. The van der Waals surface area contributed by atoms with Crippen molar-refractivity contribution in [2.24, 2.45) is 0 Å². The summed E-state index contributed by atoms with van der Waals surface area (Å²) in [5, 5.41) is 2.31. The molecule has 1 aromatic heterocycles. The lowest BCUT2D eigenvalue weighted by Crippen LogP contribution is -2.09. The molecule has 0 aliphatic heterocycles. The summed E-state index contributed by atoms with van der Waals surface area (Å²) in [6, 6.07) is 14.0. The van der Waals surface area contributed by atoms with E-state index >= 15 is 0 Å². The number of ether oxygens (including phenoxy) is 2. The van der Waals surface area contributed by atoms with Gasteiger partial charge < -0.3 is 9.47 Å². The molecule has 0 radical (unpaired) electrons. The van der Waals surface area contributed by atoms with Crippen molar-refractivity contribution in [3.63, 3.8) is 0 Å². The summed E-state index contributed by atoms with van der Waals surface area (Å²) in [5.41, 5.74) is 1.50. The minimum absolute atomic E-state index is 0.0926. The average molecular weight is 353 g/mol. The second-order valence-corrected chi connectivity index (χ2v) is 6.07. The van der Waals surface area contributed by atoms with Crippen LogP contribution in [0.2, 0.25) is 0 Å². The summed E-state index contributed by atoms with van der Waals surface area (Å²) in [4.78, 5) is 28.1. The Morgan fingerprint density at radius 1 is 1.08 bits per heavy atom. The van der Waals surface area contributed by atoms with Crippen molar-refractivity contribution in [2.45, 2.75) is 6.92 Å². The van der Waals surface area contributed by atoms with Crippen molar-refractivity contribution >= 4 is 23.1 Å². The summed E-state index contributed by atoms with van der Waals surface area (Å²) < 4.78 is 10.6. The monoisotopic (exact) mass is 353 g/mol. The highest BCUT2D eigenvalue weighted by molar-refractivity contribution is 7.13. The van der Waals surface area contributed by atoms with E-state index < -0.39 is 5.97 Å². The summed E-state index contributed by atoms with van der Waals surface area (Å²) in [5.74, 6) is 0.332. The Hall–Kier alpha value is -2.99. The van der Waals surface area contributed by atoms with Crippen LogP contribution in [0, 0.1) is 0 Å². The molecule has 25 heavy (non-hydrogen) atoms. The SMILES string of the molecule is COc1ccccc1-c1nc(C(=O)Oc2cccc(C(C)=O)c2)cs1. The molecule has 0 bridgehead atoms. The van der Waals surface area contributed by atoms with E-state index in [1.807, 2.05) is 24.3 Å². The van der Waals surface area contributed by atoms with Crippen molar-refractivity contribution < 1.29 is 19.1 Å². The number of benzene rings is 2. The summed E-state index contributed by atoms with van der Waals surface area (Å²) in [7, 11) is 1.59. The fourth-order valence-corrected chi connectivity index (χ4v) is 3.07. The van der Waals surface area contributed by atoms with E-state index in [9.17, 15) is 9.59 Å². The Kier molecular flexibility index (Phi) is 4.90. The summed E-state index contributed by atoms with van der Waals surface area (Å²) in [6.07, 6.45) is 0. The maximum Gasteiger partial charge on any atom is 0.363 e. The van der Waals surface area contributed by atoms with E-state index in [1.165, 1.54) is 24.3 Å². The molecule has 0 aliphatic rings. The van der Waals surface area contributed by atoms with E-state index in [0.717, 1.165) is 5.56 Å². The van der Waals surface area contributed by atoms with Crippen molar-refractivity contribution in [3.05, 3.63) is 65.2 Å². The van der Waals surface area contributed by atoms with E-state index in [2.05, 4.69) is 4.98 Å². The van der Waals surface area contributed by atoms with Crippen LogP contribution in [0.25, 0.3) is 10.6 Å². The van der Waals surface area contributed by atoms with Crippen molar-refractivity contribution in [2.75, 3.05) is 7.11 Å². The number of hydrogen-bond donors (Lipinski definition) is 0. The number of esters is 1. The van der Waals surface area contributed by atoms with Crippen LogP contribution < -0.4 is 9.47 Å². The van der Waals surface area contributed by atoms with Gasteiger partial charge in [0.25, 0.3) is 0 Å². The molecular weight excluding hydrogens is 338 g/mol. The zero-order valence-corrected chi connectivity index (χ0v) is 14.5. The van der Waals surface area contributed by atoms with Crippen molar-refractivity contribution in [1.82, 2.24) is 4.98 Å². The molecule has 3 aromatic rings. The van der Waals surface area contributed by atoms with Gasteiger partial charge in [0.05, 0.1) is 12.7 Å². The molecule has 0 aliphatic carbocycles. The minimum atomic E-state index is -0.571. The van der Waals surface area contributed by atoms with Gasteiger partial charge in [-0.05, 0) is 31.2 Å². The Labute approximate surface area is 148 Å². The van der Waals surface area contributed by atoms with E-state index in [1.54, 1.807) is 30.7 Å². The standard InChI is InChI=1S/C19H15NO4S/c1-12(21)13-6-5-7-14(10-13)24-19(22)16-11-25-18(20-16)15-8-3-4-9-17(15)23-2/h3-11H,1-2H3. The third-order valence-corrected chi connectivity index (χ3v) is 4.38. The van der Waals surface area contributed by atoms with Gasteiger partial charge in [-0.15, -0.1) is 11.3 Å². The molecule has 126 valence electrons. The van der Waals surface area contributed by atoms with Gasteiger partial charge in [-0.3, -0.25) is 4.79 Å². The van der Waals surface area contributed by atoms with Crippen LogP contribution >= 0.6 is 11.3 Å². The van der Waals surface area contributed by atoms with Crippen LogP contribution in [-0.2, 0) is 0 Å². The number of Topliss-reactive ketones (excluding diaryl/α,β-unsaturated/α-hetero) is 1. The number of aromatic nitrogens is 1. The van der Waals surface area contributed by atoms with Gasteiger partial charge >= 0.3 is 5.97 Å². The zero-order chi connectivity index (χ0) is 17.8. The van der Waals surface area contributed by atoms with Gasteiger partial charge in [-0.1, -0.05) is 24.3 Å². The highest BCUT2D eigenvalue weighted by Crippen LogP contribution is 2.32. The number of carbonyl (C=O) groups is 2. The predicted octanol–water partition coefficient (Wildman–Crippen LogP) is 4.24. The number of para-hydroxylation sites is 1. The van der Waals surface area contributed by atoms with Gasteiger partial charge in [0.1, 0.15) is 16.5 Å². The Morgan fingerprint density at radius 2 is 1.88 bits per heavy atom. The van der Waals surface area contributed by atoms with Gasteiger partial charge in [-0.25, -0.2) is 9.78 Å². The number of thiazole rings is 1. The quantitative estimate of drug-likeness (QED) is 0.390. The first-order chi connectivity index (χ1) is 12.1. The number of methoxy groups -OCH3 is 1. The molecule has 6 heteroatoms. The molecule has 2 aromatic carbocycles. The molecule has 3 rings (SSSR count). The van der Waals surface area contributed by atoms with Gasteiger partial charge in [0.2, 0.25) is 0 Å². The molecular formula is C19H15NO4S. The molecule has 0 spiro atoms. The first kappa shape index (κ1) is 16.9. The lowest BCUT2D eigenvalue weighted by Gasteiger charge is -2.05. The molecule has 0 atom stereocenters. The second kappa shape index (κ2) is 7.27. The molecule has 0 N–H and O–H groups in total. The third kappa shape index (κ3) is 3.75. The van der Waals surface area contributed by atoms with Crippen LogP contribution in [-0.4, -0.2) is 23.8 Å². The summed E-state index contributed by atoms with van der Waals surface area (Å²) >= 11 is 1.33. The molecule has 0 fully saturated rings. The number of ketones is 1. The van der Waals surface area contributed by atoms with Crippen molar-refractivity contribution in [3.8, 4) is 22.1 Å². The molecule has 1 heterocycles. The maximum absolute atomic E-state index is 12.3. The minimum Gasteiger partial charge on any atom is -0.496 e. The number of rotatable bonds is 5. The van der Waals surface area contributed by atoms with Crippen molar-refractivity contribution in [1.29, 1.82) is 0 Å². The molecule has 0 amide bonds. The first-order valence-corrected chi connectivity index (χ1v) is 8.38. The zero-order valence-electron chi connectivity index (χ0n) is 13.7. The highest BCUT2D eigenvalue weighted by Gasteiger charge is 2.16. The molecule has 0 saturated carbocycles. The van der Waals surface area contributed by atoms with Crippen LogP contribution in [0.3, 0.4) is 0 Å². The third-order valence-electron chi connectivity index (χ3n) is 3.50. The van der Waals surface area contributed by atoms with Gasteiger partial charge in [0, 0.05) is 10.9 Å². The van der Waals surface area contributed by atoms with Crippen LogP contribution in [0.15, 0.2) is 53.9 Å². The normalized spacial score (nSPS) is 10.3. The second-order valence-electron chi connectivity index (χ2n) is 5.21. The Bertz CT molecular complexity index is 932. The highest BCUT2D eigenvalue weighted by atomic mass is 32.1. The molecule has 5 nitrogen and oxygen atoms in total. The maximum atomic E-state index is 12.3. The largest absolute Gasteiger partial charge is 0.496 e. The average Bonchev–Trinajstić information content (AvgIpc) is 3.12. The number of nitrogens with zero attached hydrogens (tertiary/aromatic N) is 1. The lowest BCUT2D eigenvalue weighted by atomic mass is 10.1. The molecule has 0 unspecified atom stereocenters. The Balaban J connectivity index is 1.81. The number of carbonyl (C=O) groups excluding carboxylic acids is 2. The Morgan fingerprint density at radius 3 is 2.64 bits per heavy atom. The molecule has 0 saturated heterocycles.